The van der Waals surface area contributed by atoms with E-state index in [-0.39, 0.29) is 24.7 Å². The van der Waals surface area contributed by atoms with Crippen molar-refractivity contribution in [1.82, 2.24) is 14.8 Å². The highest BCUT2D eigenvalue weighted by Crippen LogP contribution is 2.20. The van der Waals surface area contributed by atoms with Crippen LogP contribution in [0.2, 0.25) is 0 Å². The quantitative estimate of drug-likeness (QED) is 0.217. The van der Waals surface area contributed by atoms with E-state index in [0.29, 0.717) is 38.6 Å². The first-order valence-electron chi connectivity index (χ1n) is 13.2. The molecule has 2 N–H and O–H groups in total. The molecular weight excluding hydrogens is 514 g/mol. The van der Waals surface area contributed by atoms with Crippen molar-refractivity contribution in [3.8, 4) is 0 Å². The third-order valence-corrected chi connectivity index (χ3v) is 6.74. The number of amides is 3. The zero-order valence-corrected chi connectivity index (χ0v) is 22.8. The second kappa shape index (κ2) is 13.7. The van der Waals surface area contributed by atoms with Gasteiger partial charge in [0.1, 0.15) is 18.2 Å². The molecule has 0 atom stereocenters. The van der Waals surface area contributed by atoms with Crippen molar-refractivity contribution in [3.63, 3.8) is 0 Å². The minimum absolute atomic E-state index is 0.161. The predicted molar refractivity (Wildman–Crippen MR) is 152 cm³/mol. The van der Waals surface area contributed by atoms with Crippen LogP contribution in [0.25, 0.3) is 10.9 Å². The summed E-state index contributed by atoms with van der Waals surface area (Å²) in [7, 11) is 1.55. The summed E-state index contributed by atoms with van der Waals surface area (Å²) in [6.45, 7) is 3.21. The normalized spacial score (nSPS) is 11.0. The molecule has 0 saturated heterocycles. The summed E-state index contributed by atoms with van der Waals surface area (Å²) in [4.78, 5) is 33.2. The van der Waals surface area contributed by atoms with Crippen LogP contribution < -0.4 is 5.32 Å². The molecule has 3 aromatic carbocycles. The van der Waals surface area contributed by atoms with E-state index in [0.717, 1.165) is 39.7 Å². The van der Waals surface area contributed by atoms with Crippen LogP contribution in [-0.2, 0) is 22.5 Å². The highest BCUT2D eigenvalue weighted by Gasteiger charge is 2.23. The largest absolute Gasteiger partial charge is 0.385 e. The van der Waals surface area contributed by atoms with E-state index in [1.54, 1.807) is 12.0 Å². The minimum Gasteiger partial charge on any atom is -0.385 e. The fourth-order valence-electron chi connectivity index (χ4n) is 4.50. The van der Waals surface area contributed by atoms with Crippen LogP contribution in [-0.4, -0.2) is 60.1 Å². The molecule has 4 aromatic rings. The maximum absolute atomic E-state index is 14.2. The Morgan fingerprint density at radius 1 is 0.975 bits per heavy atom. The number of para-hydroxylation sites is 1. The number of methoxy groups -OCH3 is 1. The third-order valence-electron chi connectivity index (χ3n) is 6.74. The molecule has 0 saturated carbocycles. The van der Waals surface area contributed by atoms with Crippen molar-refractivity contribution in [2.45, 2.75) is 26.3 Å². The summed E-state index contributed by atoms with van der Waals surface area (Å²) in [5, 5.41) is 3.57. The van der Waals surface area contributed by atoms with E-state index in [1.165, 1.54) is 4.90 Å². The van der Waals surface area contributed by atoms with E-state index in [4.69, 9.17) is 4.74 Å². The molecule has 0 aliphatic rings. The SMILES string of the molecule is COCCCN(CC(=O)N(CCc1c[nH]c2ccccc12)Cc1ccc(C)cc1)C(=O)Nc1ccc(F)cc1F. The first-order valence-corrected chi connectivity index (χ1v) is 13.2. The van der Waals surface area contributed by atoms with Crippen LogP contribution in [0.5, 0.6) is 0 Å². The Morgan fingerprint density at radius 3 is 2.50 bits per heavy atom. The number of nitrogens with zero attached hydrogens (tertiary/aromatic N) is 2. The van der Waals surface area contributed by atoms with Gasteiger partial charge < -0.3 is 24.8 Å². The molecule has 40 heavy (non-hydrogen) atoms. The lowest BCUT2D eigenvalue weighted by atomic mass is 10.1. The number of aryl methyl sites for hydroxylation is 1. The number of H-pyrrole nitrogens is 1. The number of rotatable bonds is 12. The number of carbonyl (C=O) groups is 2. The van der Waals surface area contributed by atoms with Gasteiger partial charge in [0.25, 0.3) is 0 Å². The fourth-order valence-corrected chi connectivity index (χ4v) is 4.50. The summed E-state index contributed by atoms with van der Waals surface area (Å²) in [6, 6.07) is 18.2. The Labute approximate surface area is 232 Å². The monoisotopic (exact) mass is 548 g/mol. The van der Waals surface area contributed by atoms with Crippen LogP contribution in [0.4, 0.5) is 19.3 Å². The number of fused-ring (bicyclic) bond motifs is 1. The first-order chi connectivity index (χ1) is 19.3. The topological polar surface area (TPSA) is 77.7 Å². The lowest BCUT2D eigenvalue weighted by molar-refractivity contribution is -0.132. The molecule has 7 nitrogen and oxygen atoms in total. The molecule has 9 heteroatoms. The minimum atomic E-state index is -0.892. The van der Waals surface area contributed by atoms with Gasteiger partial charge in [0.05, 0.1) is 5.69 Å². The Morgan fingerprint density at radius 2 is 1.75 bits per heavy atom. The number of halogens is 2. The van der Waals surface area contributed by atoms with Gasteiger partial charge in [0.2, 0.25) is 5.91 Å². The number of nitrogens with one attached hydrogen (secondary N) is 2. The molecule has 0 fully saturated rings. The van der Waals surface area contributed by atoms with Crippen molar-refractivity contribution >= 4 is 28.5 Å². The number of hydrogen-bond donors (Lipinski definition) is 2. The Hall–Kier alpha value is -4.24. The highest BCUT2D eigenvalue weighted by atomic mass is 19.1. The number of aromatic amines is 1. The molecule has 0 spiro atoms. The van der Waals surface area contributed by atoms with Crippen LogP contribution in [0.1, 0.15) is 23.1 Å². The number of urea groups is 1. The molecule has 1 aromatic heterocycles. The fraction of sp³-hybridized carbons (Fsp3) is 0.290. The molecule has 4 rings (SSSR count). The molecule has 0 bridgehead atoms. The van der Waals surface area contributed by atoms with Gasteiger partial charge in [-0.25, -0.2) is 13.6 Å². The zero-order valence-electron chi connectivity index (χ0n) is 22.8. The van der Waals surface area contributed by atoms with Crippen molar-refractivity contribution in [1.29, 1.82) is 0 Å². The Balaban J connectivity index is 1.52. The summed E-state index contributed by atoms with van der Waals surface area (Å²) in [5.41, 5.74) is 4.06. The summed E-state index contributed by atoms with van der Waals surface area (Å²) in [5.74, 6) is -1.88. The predicted octanol–water partition coefficient (Wildman–Crippen LogP) is 5.90. The van der Waals surface area contributed by atoms with Crippen LogP contribution in [0.3, 0.4) is 0 Å². The Bertz CT molecular complexity index is 1440. The van der Waals surface area contributed by atoms with Crippen LogP contribution in [0, 0.1) is 18.6 Å². The summed E-state index contributed by atoms with van der Waals surface area (Å²) < 4.78 is 32.7. The number of aromatic nitrogens is 1. The van der Waals surface area contributed by atoms with E-state index >= 15 is 0 Å². The van der Waals surface area contributed by atoms with Crippen molar-refractivity contribution < 1.29 is 23.1 Å². The summed E-state index contributed by atoms with van der Waals surface area (Å²) >= 11 is 0. The highest BCUT2D eigenvalue weighted by molar-refractivity contribution is 5.92. The van der Waals surface area contributed by atoms with Crippen LogP contribution >= 0.6 is 0 Å². The number of carbonyl (C=O) groups excluding carboxylic acids is 2. The molecule has 0 aliphatic carbocycles. The maximum atomic E-state index is 14.2. The van der Waals surface area contributed by atoms with Crippen molar-refractivity contribution in [3.05, 3.63) is 101 Å². The van der Waals surface area contributed by atoms with Gasteiger partial charge in [-0.3, -0.25) is 4.79 Å². The zero-order chi connectivity index (χ0) is 28.5. The molecule has 1 heterocycles. The molecule has 0 radical (unpaired) electrons. The lowest BCUT2D eigenvalue weighted by Crippen LogP contribution is -2.45. The van der Waals surface area contributed by atoms with E-state index in [2.05, 4.69) is 10.3 Å². The van der Waals surface area contributed by atoms with Gasteiger partial charge in [-0.2, -0.15) is 0 Å². The second-order valence-corrected chi connectivity index (χ2v) is 9.73. The third kappa shape index (κ3) is 7.66. The van der Waals surface area contributed by atoms with Gasteiger partial charge >= 0.3 is 6.03 Å². The molecule has 0 unspecified atom stereocenters. The van der Waals surface area contributed by atoms with Gasteiger partial charge in [-0.1, -0.05) is 48.0 Å². The van der Waals surface area contributed by atoms with Crippen molar-refractivity contribution in [2.75, 3.05) is 38.7 Å². The number of hydrogen-bond acceptors (Lipinski definition) is 3. The lowest BCUT2D eigenvalue weighted by Gasteiger charge is -2.28. The molecule has 0 aliphatic heterocycles. The molecule has 3 amide bonds. The first kappa shape index (κ1) is 28.8. The van der Waals surface area contributed by atoms with Gasteiger partial charge in [0.15, 0.2) is 0 Å². The number of ether oxygens (including phenoxy) is 1. The summed E-state index contributed by atoms with van der Waals surface area (Å²) in [6.07, 6.45) is 3.07. The smallest absolute Gasteiger partial charge is 0.322 e. The van der Waals surface area contributed by atoms with Crippen LogP contribution in [0.15, 0.2) is 72.9 Å². The van der Waals surface area contributed by atoms with E-state index in [1.807, 2.05) is 61.7 Å². The average Bonchev–Trinajstić information content (AvgIpc) is 3.36. The molecule has 210 valence electrons. The van der Waals surface area contributed by atoms with Gasteiger partial charge in [-0.15, -0.1) is 0 Å². The second-order valence-electron chi connectivity index (χ2n) is 9.73. The molecular formula is C31H34F2N4O3. The number of anilines is 1. The Kier molecular flexibility index (Phi) is 9.86. The van der Waals surface area contributed by atoms with E-state index in [9.17, 15) is 18.4 Å². The maximum Gasteiger partial charge on any atom is 0.322 e. The number of benzene rings is 3. The standard InChI is InChI=1S/C31H34F2N4O3/c1-22-8-10-23(11-9-22)20-36(16-14-24-19-34-28-7-4-3-6-26(24)28)30(38)21-37(15-5-17-40-2)31(39)35-29-13-12-25(32)18-27(29)33/h3-4,6-13,18-19,34H,5,14-17,20-21H2,1-2H3,(H,35,39). The van der Waals surface area contributed by atoms with Gasteiger partial charge in [-0.05, 0) is 49.1 Å². The van der Waals surface area contributed by atoms with Gasteiger partial charge in [0, 0.05) is 56.5 Å². The average molecular weight is 549 g/mol. The van der Waals surface area contributed by atoms with Crippen molar-refractivity contribution in [2.24, 2.45) is 0 Å². The van der Waals surface area contributed by atoms with E-state index < -0.39 is 17.7 Å².